The minimum atomic E-state index is 0.306. The highest BCUT2D eigenvalue weighted by Crippen LogP contribution is 2.33. The Morgan fingerprint density at radius 3 is 2.83 bits per heavy atom. The molecule has 1 aromatic heterocycles. The first-order valence-electron chi connectivity index (χ1n) is 3.55. The van der Waals surface area contributed by atoms with Gasteiger partial charge in [0.2, 0.25) is 0 Å². The normalized spacial score (nSPS) is 10.8. The van der Waals surface area contributed by atoms with Gasteiger partial charge >= 0.3 is 0 Å². The highest BCUT2D eigenvalue weighted by atomic mass is 79.9. The van der Waals surface area contributed by atoms with Gasteiger partial charge in [-0.15, -0.1) is 11.3 Å². The number of phenols is 1. The molecule has 0 aliphatic heterocycles. The third kappa shape index (κ3) is 1.23. The monoisotopic (exact) mass is 242 g/mol. The Balaban J connectivity index is 2.83. The van der Waals surface area contributed by atoms with Crippen molar-refractivity contribution >= 4 is 37.4 Å². The van der Waals surface area contributed by atoms with Gasteiger partial charge in [0.05, 0.1) is 4.47 Å². The maximum atomic E-state index is 9.38. The summed E-state index contributed by atoms with van der Waals surface area (Å²) in [6.07, 6.45) is 0. The van der Waals surface area contributed by atoms with Crippen LogP contribution in [0.15, 0.2) is 22.7 Å². The SMILES string of the molecule is Cc1cc2cc(O)c(Br)cc2s1. The van der Waals surface area contributed by atoms with Crippen molar-refractivity contribution in [1.82, 2.24) is 0 Å². The van der Waals surface area contributed by atoms with Crippen LogP contribution in [0, 0.1) is 6.92 Å². The summed E-state index contributed by atoms with van der Waals surface area (Å²) < 4.78 is 1.97. The molecular weight excluding hydrogens is 236 g/mol. The van der Waals surface area contributed by atoms with Crippen molar-refractivity contribution in [3.63, 3.8) is 0 Å². The lowest BCUT2D eigenvalue weighted by Gasteiger charge is -1.95. The van der Waals surface area contributed by atoms with Crippen LogP contribution in [0.3, 0.4) is 0 Å². The van der Waals surface area contributed by atoms with Crippen molar-refractivity contribution in [3.8, 4) is 5.75 Å². The molecule has 1 aromatic carbocycles. The van der Waals surface area contributed by atoms with Crippen LogP contribution in [-0.2, 0) is 0 Å². The number of aryl methyl sites for hydroxylation is 1. The van der Waals surface area contributed by atoms with Crippen LogP contribution in [0.1, 0.15) is 4.88 Å². The first-order chi connectivity index (χ1) is 5.66. The number of rotatable bonds is 0. The predicted octanol–water partition coefficient (Wildman–Crippen LogP) is 3.68. The van der Waals surface area contributed by atoms with Gasteiger partial charge in [-0.1, -0.05) is 0 Å². The van der Waals surface area contributed by atoms with E-state index in [1.165, 1.54) is 9.58 Å². The van der Waals surface area contributed by atoms with E-state index >= 15 is 0 Å². The molecule has 0 aliphatic carbocycles. The Morgan fingerprint density at radius 1 is 1.33 bits per heavy atom. The van der Waals surface area contributed by atoms with Gasteiger partial charge < -0.3 is 5.11 Å². The van der Waals surface area contributed by atoms with Gasteiger partial charge in [0, 0.05) is 9.58 Å². The van der Waals surface area contributed by atoms with Gasteiger partial charge in [-0.3, -0.25) is 0 Å². The zero-order valence-corrected chi connectivity index (χ0v) is 8.87. The van der Waals surface area contributed by atoms with Crippen LogP contribution >= 0.6 is 27.3 Å². The summed E-state index contributed by atoms with van der Waals surface area (Å²) in [7, 11) is 0. The number of phenolic OH excluding ortho intramolecular Hbond substituents is 1. The average Bonchev–Trinajstić information content (AvgIpc) is 2.30. The number of hydrogen-bond donors (Lipinski definition) is 1. The molecule has 3 heteroatoms. The summed E-state index contributed by atoms with van der Waals surface area (Å²) in [6.45, 7) is 2.07. The fraction of sp³-hybridized carbons (Fsp3) is 0.111. The molecule has 0 radical (unpaired) electrons. The first-order valence-corrected chi connectivity index (χ1v) is 5.16. The Kier molecular flexibility index (Phi) is 1.85. The molecule has 2 rings (SSSR count). The minimum Gasteiger partial charge on any atom is -0.507 e. The van der Waals surface area contributed by atoms with E-state index in [2.05, 4.69) is 28.9 Å². The molecular formula is C9H7BrOS. The van der Waals surface area contributed by atoms with Crippen LogP contribution in [-0.4, -0.2) is 5.11 Å². The Morgan fingerprint density at radius 2 is 2.08 bits per heavy atom. The molecule has 1 nitrogen and oxygen atoms in total. The highest BCUT2D eigenvalue weighted by Gasteiger charge is 2.03. The molecule has 0 atom stereocenters. The average molecular weight is 243 g/mol. The zero-order chi connectivity index (χ0) is 8.72. The van der Waals surface area contributed by atoms with Crippen LogP contribution < -0.4 is 0 Å². The summed E-state index contributed by atoms with van der Waals surface area (Å²) in [5, 5.41) is 10.5. The lowest BCUT2D eigenvalue weighted by atomic mass is 10.2. The number of hydrogen-bond acceptors (Lipinski definition) is 2. The second-order valence-electron chi connectivity index (χ2n) is 2.70. The summed E-state index contributed by atoms with van der Waals surface area (Å²) >= 11 is 5.02. The Bertz CT molecular complexity index is 394. The predicted molar refractivity (Wildman–Crippen MR) is 55.9 cm³/mol. The summed E-state index contributed by atoms with van der Waals surface area (Å²) in [5.74, 6) is 0.306. The van der Waals surface area contributed by atoms with Crippen LogP contribution in [0.2, 0.25) is 0 Å². The van der Waals surface area contributed by atoms with E-state index in [0.29, 0.717) is 5.75 Å². The largest absolute Gasteiger partial charge is 0.507 e. The Labute approximate surface area is 82.8 Å². The van der Waals surface area contributed by atoms with Gasteiger partial charge in [0.25, 0.3) is 0 Å². The number of aromatic hydroxyl groups is 1. The fourth-order valence-electron chi connectivity index (χ4n) is 1.18. The van der Waals surface area contributed by atoms with Crippen molar-refractivity contribution in [2.24, 2.45) is 0 Å². The van der Waals surface area contributed by atoms with E-state index in [9.17, 15) is 5.11 Å². The molecule has 2 aromatic rings. The topological polar surface area (TPSA) is 20.2 Å². The molecule has 0 saturated carbocycles. The van der Waals surface area contributed by atoms with E-state index in [1.807, 2.05) is 6.07 Å². The van der Waals surface area contributed by atoms with E-state index in [0.717, 1.165) is 9.86 Å². The third-order valence-electron chi connectivity index (χ3n) is 1.71. The van der Waals surface area contributed by atoms with Crippen molar-refractivity contribution < 1.29 is 5.11 Å². The summed E-state index contributed by atoms with van der Waals surface area (Å²) in [6, 6.07) is 5.80. The van der Waals surface area contributed by atoms with Crippen LogP contribution in [0.25, 0.3) is 10.1 Å². The van der Waals surface area contributed by atoms with Crippen LogP contribution in [0.5, 0.6) is 5.75 Å². The fourth-order valence-corrected chi connectivity index (χ4v) is 2.62. The quantitative estimate of drug-likeness (QED) is 0.748. The first kappa shape index (κ1) is 8.08. The third-order valence-corrected chi connectivity index (χ3v) is 3.36. The molecule has 0 spiro atoms. The highest BCUT2D eigenvalue weighted by molar-refractivity contribution is 9.10. The number of thiophene rings is 1. The zero-order valence-electron chi connectivity index (χ0n) is 6.47. The van der Waals surface area contributed by atoms with Crippen molar-refractivity contribution in [2.45, 2.75) is 6.92 Å². The summed E-state index contributed by atoms with van der Waals surface area (Å²) in [4.78, 5) is 1.27. The lowest BCUT2D eigenvalue weighted by molar-refractivity contribution is 0.473. The van der Waals surface area contributed by atoms with Gasteiger partial charge in [0.15, 0.2) is 0 Å². The lowest BCUT2D eigenvalue weighted by Crippen LogP contribution is -1.67. The van der Waals surface area contributed by atoms with Crippen molar-refractivity contribution in [1.29, 1.82) is 0 Å². The van der Waals surface area contributed by atoms with Crippen molar-refractivity contribution in [3.05, 3.63) is 27.5 Å². The molecule has 0 aliphatic rings. The number of fused-ring (bicyclic) bond motifs is 1. The maximum Gasteiger partial charge on any atom is 0.130 e. The molecule has 1 N–H and O–H groups in total. The summed E-state index contributed by atoms with van der Waals surface area (Å²) in [5.41, 5.74) is 0. The van der Waals surface area contributed by atoms with E-state index in [4.69, 9.17) is 0 Å². The minimum absolute atomic E-state index is 0.306. The van der Waals surface area contributed by atoms with E-state index in [-0.39, 0.29) is 0 Å². The molecule has 12 heavy (non-hydrogen) atoms. The second kappa shape index (κ2) is 2.75. The van der Waals surface area contributed by atoms with Gasteiger partial charge in [0.1, 0.15) is 5.75 Å². The van der Waals surface area contributed by atoms with Gasteiger partial charge in [-0.25, -0.2) is 0 Å². The van der Waals surface area contributed by atoms with E-state index < -0.39 is 0 Å². The molecule has 62 valence electrons. The molecule has 0 saturated heterocycles. The van der Waals surface area contributed by atoms with Crippen LogP contribution in [0.4, 0.5) is 0 Å². The Hall–Kier alpha value is -0.540. The molecule has 0 amide bonds. The standard InChI is InChI=1S/C9H7BrOS/c1-5-2-6-3-8(11)7(10)4-9(6)12-5/h2-4,11H,1H3. The molecule has 0 unspecified atom stereocenters. The van der Waals surface area contributed by atoms with E-state index in [1.54, 1.807) is 17.4 Å². The van der Waals surface area contributed by atoms with Gasteiger partial charge in [-0.2, -0.15) is 0 Å². The van der Waals surface area contributed by atoms with Gasteiger partial charge in [-0.05, 0) is 46.4 Å². The second-order valence-corrected chi connectivity index (χ2v) is 4.84. The molecule has 0 fully saturated rings. The number of benzene rings is 1. The van der Waals surface area contributed by atoms with Crippen molar-refractivity contribution in [2.75, 3.05) is 0 Å². The number of halogens is 1. The molecule has 1 heterocycles. The smallest absolute Gasteiger partial charge is 0.130 e. The molecule has 0 bridgehead atoms. The maximum absolute atomic E-state index is 9.38.